The van der Waals surface area contributed by atoms with Gasteiger partial charge in [-0.25, -0.2) is 4.39 Å². The number of hydrogen-bond donors (Lipinski definition) is 1. The van der Waals surface area contributed by atoms with E-state index in [9.17, 15) is 14.0 Å². The van der Waals surface area contributed by atoms with Crippen LogP contribution in [0.25, 0.3) is 0 Å². The van der Waals surface area contributed by atoms with Crippen molar-refractivity contribution in [2.75, 3.05) is 33.7 Å². The van der Waals surface area contributed by atoms with Gasteiger partial charge in [-0.1, -0.05) is 17.3 Å². The van der Waals surface area contributed by atoms with Crippen molar-refractivity contribution in [1.82, 2.24) is 15.1 Å². The van der Waals surface area contributed by atoms with E-state index in [-0.39, 0.29) is 29.8 Å². The molecule has 2 heterocycles. The lowest BCUT2D eigenvalue weighted by Gasteiger charge is -2.42. The molecule has 1 fully saturated rings. The van der Waals surface area contributed by atoms with Crippen molar-refractivity contribution < 1.29 is 18.8 Å². The first-order valence-corrected chi connectivity index (χ1v) is 10.9. The molecule has 0 radical (unpaired) electrons. The molecular weight excluding hydrogens is 399 g/mol. The number of oxime groups is 1. The standard InChI is InChI=1S/C23H33FN4O3/c1-16(14-27(3)4)25-22(30)23(9-6-10-28(15-23)17(2)29)13-20-12-21(26-31-20)18-7-5-8-19(24)11-18/h5,7-8,11,16,20H,6,9-10,12-15H2,1-4H3,(H,25,30)/t16-,20-,23+/m0/s1. The van der Waals surface area contributed by atoms with E-state index in [1.54, 1.807) is 24.0 Å². The van der Waals surface area contributed by atoms with Gasteiger partial charge in [-0.3, -0.25) is 9.59 Å². The van der Waals surface area contributed by atoms with Crippen LogP contribution in [0.3, 0.4) is 0 Å². The molecule has 2 aliphatic heterocycles. The highest BCUT2D eigenvalue weighted by molar-refractivity contribution is 6.01. The summed E-state index contributed by atoms with van der Waals surface area (Å²) in [5.41, 5.74) is 0.636. The summed E-state index contributed by atoms with van der Waals surface area (Å²) >= 11 is 0. The number of nitrogens with zero attached hydrogens (tertiary/aromatic N) is 3. The fourth-order valence-corrected chi connectivity index (χ4v) is 4.63. The predicted octanol–water partition coefficient (Wildman–Crippen LogP) is 2.40. The van der Waals surface area contributed by atoms with Gasteiger partial charge in [0.2, 0.25) is 11.8 Å². The van der Waals surface area contributed by atoms with E-state index in [0.717, 1.165) is 13.0 Å². The van der Waals surface area contributed by atoms with Crippen LogP contribution in [0.2, 0.25) is 0 Å². The highest BCUT2D eigenvalue weighted by atomic mass is 19.1. The monoisotopic (exact) mass is 432 g/mol. The summed E-state index contributed by atoms with van der Waals surface area (Å²) in [6.07, 6.45) is 2.12. The number of amides is 2. The molecule has 0 unspecified atom stereocenters. The molecule has 1 aromatic rings. The molecule has 1 saturated heterocycles. The number of likely N-dealkylation sites (tertiary alicyclic amines) is 1. The third kappa shape index (κ3) is 5.81. The molecule has 3 atom stereocenters. The average Bonchev–Trinajstić information content (AvgIpc) is 3.15. The van der Waals surface area contributed by atoms with Crippen LogP contribution >= 0.6 is 0 Å². The molecule has 0 aromatic heterocycles. The van der Waals surface area contributed by atoms with E-state index in [1.165, 1.54) is 12.1 Å². The van der Waals surface area contributed by atoms with Crippen LogP contribution in [0.15, 0.2) is 29.4 Å². The van der Waals surface area contributed by atoms with Crippen molar-refractivity contribution in [3.63, 3.8) is 0 Å². The number of halogens is 1. The molecule has 0 saturated carbocycles. The number of hydrogen-bond acceptors (Lipinski definition) is 5. The minimum absolute atomic E-state index is 0.0179. The third-order valence-corrected chi connectivity index (χ3v) is 6.03. The quantitative estimate of drug-likeness (QED) is 0.718. The Morgan fingerprint density at radius 3 is 2.87 bits per heavy atom. The topological polar surface area (TPSA) is 74.2 Å². The first-order chi connectivity index (χ1) is 14.7. The Morgan fingerprint density at radius 2 is 2.19 bits per heavy atom. The van der Waals surface area contributed by atoms with Gasteiger partial charge < -0.3 is 20.0 Å². The SMILES string of the molecule is CC(=O)N1CCC[C@](C[C@@H]2CC(c3cccc(F)c3)=NO2)(C(=O)N[C@@H](C)CN(C)C)C1. The zero-order chi connectivity index (χ0) is 22.6. The zero-order valence-electron chi connectivity index (χ0n) is 18.9. The summed E-state index contributed by atoms with van der Waals surface area (Å²) in [5.74, 6) is -0.392. The van der Waals surface area contributed by atoms with Gasteiger partial charge in [-0.05, 0) is 46.0 Å². The molecule has 2 amide bonds. The number of carbonyl (C=O) groups excluding carboxylic acids is 2. The van der Waals surface area contributed by atoms with E-state index >= 15 is 0 Å². The highest BCUT2D eigenvalue weighted by Gasteiger charge is 2.46. The minimum atomic E-state index is -0.734. The van der Waals surface area contributed by atoms with Crippen molar-refractivity contribution in [2.24, 2.45) is 10.6 Å². The average molecular weight is 433 g/mol. The molecule has 0 aliphatic carbocycles. The number of rotatable bonds is 7. The number of nitrogens with one attached hydrogen (secondary N) is 1. The minimum Gasteiger partial charge on any atom is -0.392 e. The number of carbonyl (C=O) groups is 2. The second-order valence-corrected chi connectivity index (χ2v) is 9.15. The molecule has 31 heavy (non-hydrogen) atoms. The molecule has 1 N–H and O–H groups in total. The summed E-state index contributed by atoms with van der Waals surface area (Å²) < 4.78 is 13.6. The van der Waals surface area contributed by atoms with Crippen molar-refractivity contribution in [2.45, 2.75) is 51.7 Å². The van der Waals surface area contributed by atoms with E-state index in [2.05, 4.69) is 10.5 Å². The van der Waals surface area contributed by atoms with Crippen molar-refractivity contribution in [1.29, 1.82) is 0 Å². The largest absolute Gasteiger partial charge is 0.392 e. The van der Waals surface area contributed by atoms with Gasteiger partial charge >= 0.3 is 0 Å². The van der Waals surface area contributed by atoms with Gasteiger partial charge in [0.05, 0.1) is 11.1 Å². The number of likely N-dealkylation sites (N-methyl/N-ethyl adjacent to an activating group) is 1. The maximum atomic E-state index is 13.6. The second kappa shape index (κ2) is 9.77. The predicted molar refractivity (Wildman–Crippen MR) is 117 cm³/mol. The third-order valence-electron chi connectivity index (χ3n) is 6.03. The summed E-state index contributed by atoms with van der Waals surface area (Å²) in [6, 6.07) is 6.26. The van der Waals surface area contributed by atoms with E-state index in [4.69, 9.17) is 4.84 Å². The van der Waals surface area contributed by atoms with Crippen LogP contribution < -0.4 is 5.32 Å². The fourth-order valence-electron chi connectivity index (χ4n) is 4.63. The summed E-state index contributed by atoms with van der Waals surface area (Å²) in [7, 11) is 3.93. The Labute approximate surface area is 183 Å². The van der Waals surface area contributed by atoms with E-state index in [1.807, 2.05) is 25.9 Å². The molecule has 0 spiro atoms. The van der Waals surface area contributed by atoms with Crippen LogP contribution in [0.1, 0.15) is 45.1 Å². The van der Waals surface area contributed by atoms with Crippen molar-refractivity contribution in [3.8, 4) is 0 Å². The van der Waals surface area contributed by atoms with Crippen molar-refractivity contribution >= 4 is 17.5 Å². The lowest BCUT2D eigenvalue weighted by molar-refractivity contribution is -0.143. The first kappa shape index (κ1) is 23.2. The van der Waals surface area contributed by atoms with Gasteiger partial charge in [0, 0.05) is 51.0 Å². The Kier molecular flexibility index (Phi) is 7.30. The summed E-state index contributed by atoms with van der Waals surface area (Å²) in [6.45, 7) is 5.28. The fraction of sp³-hybridized carbons (Fsp3) is 0.609. The molecular formula is C23H33FN4O3. The van der Waals surface area contributed by atoms with Crippen LogP contribution in [-0.2, 0) is 14.4 Å². The highest BCUT2D eigenvalue weighted by Crippen LogP contribution is 2.38. The molecule has 0 bridgehead atoms. The molecule has 170 valence electrons. The summed E-state index contributed by atoms with van der Waals surface area (Å²) in [4.78, 5) is 35.0. The van der Waals surface area contributed by atoms with Gasteiger partial charge in [0.1, 0.15) is 11.9 Å². The maximum Gasteiger partial charge on any atom is 0.228 e. The second-order valence-electron chi connectivity index (χ2n) is 9.15. The Hall–Kier alpha value is -2.48. The van der Waals surface area contributed by atoms with Gasteiger partial charge in [-0.15, -0.1) is 0 Å². The van der Waals surface area contributed by atoms with Crippen LogP contribution in [0, 0.1) is 11.2 Å². The Balaban J connectivity index is 1.74. The lowest BCUT2D eigenvalue weighted by atomic mass is 9.73. The van der Waals surface area contributed by atoms with Gasteiger partial charge in [0.15, 0.2) is 0 Å². The van der Waals surface area contributed by atoms with Gasteiger partial charge in [-0.2, -0.15) is 0 Å². The molecule has 1 aromatic carbocycles. The molecule has 2 aliphatic rings. The molecule has 3 rings (SSSR count). The number of piperidine rings is 1. The smallest absolute Gasteiger partial charge is 0.228 e. The maximum absolute atomic E-state index is 13.6. The lowest BCUT2D eigenvalue weighted by Crippen LogP contribution is -2.56. The van der Waals surface area contributed by atoms with Crippen molar-refractivity contribution in [3.05, 3.63) is 35.6 Å². The normalized spacial score (nSPS) is 24.5. The van der Waals surface area contributed by atoms with Crippen LogP contribution in [-0.4, -0.2) is 73.2 Å². The molecule has 7 nitrogen and oxygen atoms in total. The van der Waals surface area contributed by atoms with Crippen LogP contribution in [0.5, 0.6) is 0 Å². The number of benzene rings is 1. The molecule has 8 heteroatoms. The summed E-state index contributed by atoms with van der Waals surface area (Å²) in [5, 5.41) is 7.31. The van der Waals surface area contributed by atoms with E-state index in [0.29, 0.717) is 43.6 Å². The van der Waals surface area contributed by atoms with E-state index < -0.39 is 5.41 Å². The zero-order valence-corrected chi connectivity index (χ0v) is 18.9. The van der Waals surface area contributed by atoms with Gasteiger partial charge in [0.25, 0.3) is 0 Å². The Morgan fingerprint density at radius 1 is 1.42 bits per heavy atom. The van der Waals surface area contributed by atoms with Crippen LogP contribution in [0.4, 0.5) is 4.39 Å². The first-order valence-electron chi connectivity index (χ1n) is 10.9. The Bertz CT molecular complexity index is 844.